The second-order valence-corrected chi connectivity index (χ2v) is 5.02. The second kappa shape index (κ2) is 6.59. The number of nitrogens with one attached hydrogen (secondary N) is 1. The molecule has 2 aromatic rings. The van der Waals surface area contributed by atoms with E-state index in [9.17, 15) is 14.3 Å². The van der Waals surface area contributed by atoms with Gasteiger partial charge in [0, 0.05) is 5.69 Å². The van der Waals surface area contributed by atoms with E-state index < -0.39 is 17.7 Å². The largest absolute Gasteiger partial charge is 0.481 e. The molecule has 0 aliphatic heterocycles. The standard InChI is InChI=1S/C16H15ClFNO2/c1-2-10(16(20)21)11-6-3-4-9-14(11)19-15-12(17)7-5-8-13(15)18/h3-10,19H,2H2,1H3,(H,20,21). The van der Waals surface area contributed by atoms with Crippen molar-refractivity contribution in [3.05, 3.63) is 58.9 Å². The van der Waals surface area contributed by atoms with Gasteiger partial charge in [-0.15, -0.1) is 0 Å². The summed E-state index contributed by atoms with van der Waals surface area (Å²) in [6, 6.07) is 11.3. The lowest BCUT2D eigenvalue weighted by atomic mass is 9.95. The van der Waals surface area contributed by atoms with Crippen LogP contribution >= 0.6 is 11.6 Å². The first-order valence-corrected chi connectivity index (χ1v) is 6.95. The number of carbonyl (C=O) groups is 1. The van der Waals surface area contributed by atoms with Crippen LogP contribution < -0.4 is 5.32 Å². The van der Waals surface area contributed by atoms with Crippen LogP contribution in [0.1, 0.15) is 24.8 Å². The van der Waals surface area contributed by atoms with E-state index in [2.05, 4.69) is 5.32 Å². The van der Waals surface area contributed by atoms with Crippen LogP contribution in [0.5, 0.6) is 0 Å². The lowest BCUT2D eigenvalue weighted by Gasteiger charge is -2.17. The van der Waals surface area contributed by atoms with Crippen molar-refractivity contribution >= 4 is 28.9 Å². The van der Waals surface area contributed by atoms with Crippen molar-refractivity contribution in [3.63, 3.8) is 0 Å². The van der Waals surface area contributed by atoms with Gasteiger partial charge < -0.3 is 10.4 Å². The zero-order valence-corrected chi connectivity index (χ0v) is 12.2. The molecule has 0 aliphatic rings. The number of carboxylic acid groups (broad SMARTS) is 1. The molecule has 0 aromatic heterocycles. The van der Waals surface area contributed by atoms with Crippen molar-refractivity contribution in [2.24, 2.45) is 0 Å². The van der Waals surface area contributed by atoms with Crippen molar-refractivity contribution in [2.45, 2.75) is 19.3 Å². The van der Waals surface area contributed by atoms with Gasteiger partial charge in [-0.3, -0.25) is 4.79 Å². The normalized spacial score (nSPS) is 12.0. The summed E-state index contributed by atoms with van der Waals surface area (Å²) < 4.78 is 13.8. The van der Waals surface area contributed by atoms with E-state index in [1.807, 2.05) is 0 Å². The predicted molar refractivity (Wildman–Crippen MR) is 81.8 cm³/mol. The minimum atomic E-state index is -0.911. The van der Waals surface area contributed by atoms with E-state index in [4.69, 9.17) is 11.6 Å². The van der Waals surface area contributed by atoms with E-state index in [-0.39, 0.29) is 10.7 Å². The van der Waals surface area contributed by atoms with Crippen LogP contribution in [0.4, 0.5) is 15.8 Å². The molecule has 0 bridgehead atoms. The van der Waals surface area contributed by atoms with Gasteiger partial charge in [0.1, 0.15) is 5.82 Å². The molecule has 0 fully saturated rings. The summed E-state index contributed by atoms with van der Waals surface area (Å²) in [7, 11) is 0. The van der Waals surface area contributed by atoms with Gasteiger partial charge in [-0.1, -0.05) is 42.8 Å². The molecule has 21 heavy (non-hydrogen) atoms. The Balaban J connectivity index is 2.44. The first-order valence-electron chi connectivity index (χ1n) is 6.57. The average molecular weight is 308 g/mol. The Morgan fingerprint density at radius 1 is 1.29 bits per heavy atom. The van der Waals surface area contributed by atoms with Gasteiger partial charge in [0.15, 0.2) is 0 Å². The number of hydrogen-bond acceptors (Lipinski definition) is 2. The Hall–Kier alpha value is -2.07. The maximum absolute atomic E-state index is 13.8. The molecule has 0 amide bonds. The number of halogens is 2. The Morgan fingerprint density at radius 2 is 2.00 bits per heavy atom. The summed E-state index contributed by atoms with van der Waals surface area (Å²) in [4.78, 5) is 11.3. The third kappa shape index (κ3) is 3.34. The molecule has 2 N–H and O–H groups in total. The minimum Gasteiger partial charge on any atom is -0.481 e. The zero-order valence-electron chi connectivity index (χ0n) is 11.4. The van der Waals surface area contributed by atoms with Crippen molar-refractivity contribution in [1.29, 1.82) is 0 Å². The Morgan fingerprint density at radius 3 is 2.62 bits per heavy atom. The van der Waals surface area contributed by atoms with Crippen LogP contribution in [0.15, 0.2) is 42.5 Å². The zero-order chi connectivity index (χ0) is 15.4. The molecule has 0 saturated heterocycles. The molecule has 0 radical (unpaired) electrons. The summed E-state index contributed by atoms with van der Waals surface area (Å²) in [5, 5.41) is 12.5. The molecule has 0 heterocycles. The van der Waals surface area contributed by atoms with E-state index >= 15 is 0 Å². The third-order valence-electron chi connectivity index (χ3n) is 3.26. The molecule has 110 valence electrons. The number of hydrogen-bond donors (Lipinski definition) is 2. The topological polar surface area (TPSA) is 49.3 Å². The molecular weight excluding hydrogens is 293 g/mol. The Bertz CT molecular complexity index is 640. The van der Waals surface area contributed by atoms with E-state index in [0.717, 1.165) is 0 Å². The van der Waals surface area contributed by atoms with Gasteiger partial charge in [0.05, 0.1) is 16.6 Å². The van der Waals surface area contributed by atoms with Gasteiger partial charge in [0.25, 0.3) is 0 Å². The van der Waals surface area contributed by atoms with Crippen LogP contribution in [-0.2, 0) is 4.79 Å². The number of benzene rings is 2. The first kappa shape index (κ1) is 15.3. The summed E-state index contributed by atoms with van der Waals surface area (Å²) in [5.74, 6) is -2.05. The predicted octanol–water partition coefficient (Wildman–Crippen LogP) is 4.80. The Labute approximate surface area is 127 Å². The van der Waals surface area contributed by atoms with Crippen LogP contribution in [-0.4, -0.2) is 11.1 Å². The first-order chi connectivity index (χ1) is 10.0. The highest BCUT2D eigenvalue weighted by atomic mass is 35.5. The molecule has 2 rings (SSSR count). The smallest absolute Gasteiger partial charge is 0.311 e. The highest BCUT2D eigenvalue weighted by Crippen LogP contribution is 2.33. The van der Waals surface area contributed by atoms with E-state index in [1.165, 1.54) is 12.1 Å². The molecule has 3 nitrogen and oxygen atoms in total. The quantitative estimate of drug-likeness (QED) is 0.834. The fourth-order valence-corrected chi connectivity index (χ4v) is 2.40. The number of para-hydroxylation sites is 2. The van der Waals surface area contributed by atoms with Gasteiger partial charge in [-0.25, -0.2) is 4.39 Å². The van der Waals surface area contributed by atoms with Gasteiger partial charge in [0.2, 0.25) is 0 Å². The minimum absolute atomic E-state index is 0.145. The monoisotopic (exact) mass is 307 g/mol. The van der Waals surface area contributed by atoms with Crippen LogP contribution in [0.3, 0.4) is 0 Å². The summed E-state index contributed by atoms with van der Waals surface area (Å²) in [5.41, 5.74) is 1.29. The van der Waals surface area contributed by atoms with Crippen molar-refractivity contribution in [3.8, 4) is 0 Å². The summed E-state index contributed by atoms with van der Waals surface area (Å²) in [6.07, 6.45) is 0.443. The Kier molecular flexibility index (Phi) is 4.81. The van der Waals surface area contributed by atoms with Crippen molar-refractivity contribution < 1.29 is 14.3 Å². The summed E-state index contributed by atoms with van der Waals surface area (Å²) >= 11 is 5.99. The van der Waals surface area contributed by atoms with Gasteiger partial charge >= 0.3 is 5.97 Å². The fraction of sp³-hybridized carbons (Fsp3) is 0.188. The van der Waals surface area contributed by atoms with Crippen LogP contribution in [0.25, 0.3) is 0 Å². The lowest BCUT2D eigenvalue weighted by molar-refractivity contribution is -0.138. The molecule has 0 saturated carbocycles. The third-order valence-corrected chi connectivity index (χ3v) is 3.58. The second-order valence-electron chi connectivity index (χ2n) is 4.61. The fourth-order valence-electron chi connectivity index (χ4n) is 2.19. The van der Waals surface area contributed by atoms with Crippen LogP contribution in [0.2, 0.25) is 5.02 Å². The lowest BCUT2D eigenvalue weighted by Crippen LogP contribution is -2.12. The van der Waals surface area contributed by atoms with Gasteiger partial charge in [-0.05, 0) is 30.2 Å². The molecule has 5 heteroatoms. The number of aliphatic carboxylic acids is 1. The van der Waals surface area contributed by atoms with E-state index in [1.54, 1.807) is 37.3 Å². The molecule has 2 aromatic carbocycles. The number of rotatable bonds is 5. The highest BCUT2D eigenvalue weighted by Gasteiger charge is 2.21. The molecule has 0 spiro atoms. The number of anilines is 2. The average Bonchev–Trinajstić information content (AvgIpc) is 2.45. The van der Waals surface area contributed by atoms with Crippen molar-refractivity contribution in [1.82, 2.24) is 0 Å². The van der Waals surface area contributed by atoms with Gasteiger partial charge in [-0.2, -0.15) is 0 Å². The molecular formula is C16H15ClFNO2. The van der Waals surface area contributed by atoms with E-state index in [0.29, 0.717) is 17.7 Å². The molecule has 1 atom stereocenters. The summed E-state index contributed by atoms with van der Waals surface area (Å²) in [6.45, 7) is 1.80. The molecule has 0 aliphatic carbocycles. The van der Waals surface area contributed by atoms with Crippen LogP contribution in [0, 0.1) is 5.82 Å². The maximum Gasteiger partial charge on any atom is 0.311 e. The highest BCUT2D eigenvalue weighted by molar-refractivity contribution is 6.33. The van der Waals surface area contributed by atoms with Crippen molar-refractivity contribution in [2.75, 3.05) is 5.32 Å². The SMILES string of the molecule is CCC(C(=O)O)c1ccccc1Nc1c(F)cccc1Cl. The molecule has 1 unspecified atom stereocenters. The number of carboxylic acids is 1. The maximum atomic E-state index is 13.8.